The van der Waals surface area contributed by atoms with Crippen LogP contribution in [0.5, 0.6) is 0 Å². The maximum absolute atomic E-state index is 3.48. The van der Waals surface area contributed by atoms with E-state index in [-0.39, 0.29) is 19.5 Å². The normalized spacial score (nSPS) is 20.3. The Kier molecular flexibility index (Phi) is 13.9. The zero-order valence-electron chi connectivity index (χ0n) is 30.6. The molecule has 0 bridgehead atoms. The monoisotopic (exact) mass is 638 g/mol. The van der Waals surface area contributed by atoms with E-state index in [0.29, 0.717) is 0 Å². The van der Waals surface area contributed by atoms with E-state index in [1.807, 2.05) is 0 Å². The molecule has 2 aromatic carbocycles. The van der Waals surface area contributed by atoms with E-state index >= 15 is 0 Å². The maximum Gasteiger partial charge on any atom is 2.00 e. The van der Waals surface area contributed by atoms with Crippen molar-refractivity contribution in [1.29, 1.82) is 0 Å². The molecular weight excluding hydrogens is 586 g/mol. The van der Waals surface area contributed by atoms with Crippen LogP contribution in [0.2, 0.25) is 0 Å². The fourth-order valence-electron chi connectivity index (χ4n) is 6.48. The topological polar surface area (TPSA) is 6.48 Å². The van der Waals surface area contributed by atoms with Crippen LogP contribution in [0.25, 0.3) is 0 Å². The first kappa shape index (κ1) is 38.6. The predicted molar refractivity (Wildman–Crippen MR) is 188 cm³/mol. The molecule has 0 unspecified atom stereocenters. The summed E-state index contributed by atoms with van der Waals surface area (Å²) in [7, 11) is 0. The minimum absolute atomic E-state index is 0. The number of anilines is 2. The third kappa shape index (κ3) is 8.21. The van der Waals surface area contributed by atoms with E-state index in [9.17, 15) is 0 Å². The molecule has 3 aliphatic rings. The van der Waals surface area contributed by atoms with Crippen molar-refractivity contribution in [2.24, 2.45) is 0 Å². The molecule has 2 aromatic rings. The minimum atomic E-state index is 0. The Hall–Kier alpha value is -1.60. The summed E-state index contributed by atoms with van der Waals surface area (Å²) in [6, 6.07) is 8.90. The molecule has 1 heterocycles. The Balaban J connectivity index is 0.000000267. The Labute approximate surface area is 286 Å². The van der Waals surface area contributed by atoms with Gasteiger partial charge < -0.3 is 9.80 Å². The first-order valence-corrected chi connectivity index (χ1v) is 15.6. The van der Waals surface area contributed by atoms with Crippen LogP contribution in [0.1, 0.15) is 103 Å². The standard InChI is InChI=1S/C21H24N2.2C10H15.Zn/c1-14-9-16(3)20(17(4)10-14)22-7-8-23(13-22)21-18(5)11-15(2)12-19(21)6;2*1-6-7(2)9(4)10(5)8(6)3;/h7-12H,1-6H3;2*1-5H3;/q;;;+2. The van der Waals surface area contributed by atoms with Crippen LogP contribution in [0.15, 0.2) is 36.7 Å². The van der Waals surface area contributed by atoms with Crippen molar-refractivity contribution in [2.75, 3.05) is 9.80 Å². The van der Waals surface area contributed by atoms with E-state index in [0.717, 1.165) is 0 Å². The fraction of sp³-hybridized carbons (Fsp3) is 0.390. The molecule has 0 spiro atoms. The third-order valence-electron chi connectivity index (χ3n) is 9.96. The van der Waals surface area contributed by atoms with E-state index in [4.69, 9.17) is 0 Å². The first-order chi connectivity index (χ1) is 20.0. The van der Waals surface area contributed by atoms with Crippen LogP contribution in [0, 0.1) is 107 Å². The molecule has 0 atom stereocenters. The molecule has 2 aliphatic carbocycles. The van der Waals surface area contributed by atoms with Gasteiger partial charge in [0.2, 0.25) is 6.67 Å². The van der Waals surface area contributed by atoms with Gasteiger partial charge in [-0.3, -0.25) is 0 Å². The largest absolute Gasteiger partial charge is 2.00 e. The van der Waals surface area contributed by atoms with Gasteiger partial charge in [0.05, 0.1) is 0 Å². The number of rotatable bonds is 2. The number of nitrogens with zero attached hydrogens (tertiary/aromatic N) is 2. The summed E-state index contributed by atoms with van der Waals surface area (Å²) >= 11 is 0. The Bertz CT molecular complexity index is 1030. The molecule has 2 nitrogen and oxygen atoms in total. The Morgan fingerprint density at radius 1 is 0.341 bits per heavy atom. The average molecular weight is 640 g/mol. The number of hydrogen-bond donors (Lipinski definition) is 0. The van der Waals surface area contributed by atoms with Crippen molar-refractivity contribution in [2.45, 2.75) is 111 Å². The Morgan fingerprint density at radius 3 is 0.705 bits per heavy atom. The molecule has 0 amide bonds. The van der Waals surface area contributed by atoms with E-state index in [1.165, 1.54) is 104 Å². The summed E-state index contributed by atoms with van der Waals surface area (Å²) in [5.41, 5.74) is 10.1. The van der Waals surface area contributed by atoms with Crippen molar-refractivity contribution < 1.29 is 19.5 Å². The van der Waals surface area contributed by atoms with Gasteiger partial charge in [0, 0.05) is 23.8 Å². The van der Waals surface area contributed by atoms with Gasteiger partial charge in [0.25, 0.3) is 0 Å². The summed E-state index contributed by atoms with van der Waals surface area (Å²) in [6.45, 7) is 38.4. The molecule has 44 heavy (non-hydrogen) atoms. The van der Waals surface area contributed by atoms with E-state index in [1.54, 1.807) is 0 Å². The summed E-state index contributed by atoms with van der Waals surface area (Å²) in [6.07, 6.45) is 4.17. The zero-order valence-corrected chi connectivity index (χ0v) is 33.5. The van der Waals surface area contributed by atoms with Crippen LogP contribution in [-0.2, 0) is 19.5 Å². The van der Waals surface area contributed by atoms with Gasteiger partial charge in [0.15, 0.2) is 0 Å². The summed E-state index contributed by atoms with van der Waals surface area (Å²) < 4.78 is 0. The van der Waals surface area contributed by atoms with Gasteiger partial charge >= 0.3 is 19.5 Å². The van der Waals surface area contributed by atoms with Gasteiger partial charge in [-0.25, -0.2) is 0 Å². The van der Waals surface area contributed by atoms with Crippen LogP contribution in [0.4, 0.5) is 11.4 Å². The van der Waals surface area contributed by atoms with Crippen molar-refractivity contribution in [1.82, 2.24) is 0 Å². The molecule has 0 aromatic heterocycles. The minimum Gasteiger partial charge on any atom is -0.315 e. The van der Waals surface area contributed by atoms with Crippen molar-refractivity contribution in [3.05, 3.63) is 136 Å². The number of aryl methyl sites for hydroxylation is 6. The van der Waals surface area contributed by atoms with Gasteiger partial charge in [-0.15, -0.1) is 0 Å². The average Bonchev–Trinajstić information content (AvgIpc) is 3.51. The van der Waals surface area contributed by atoms with Crippen LogP contribution >= 0.6 is 0 Å². The molecule has 3 heteroatoms. The molecule has 1 aliphatic heterocycles. The fourth-order valence-corrected chi connectivity index (χ4v) is 6.48. The first-order valence-electron chi connectivity index (χ1n) is 15.6. The molecule has 12 radical (unpaired) electrons. The van der Waals surface area contributed by atoms with Crippen LogP contribution < -0.4 is 9.80 Å². The number of hydrogen-bond acceptors (Lipinski definition) is 2. The molecule has 0 N–H and O–H groups in total. The molecule has 2 saturated carbocycles. The molecule has 5 rings (SSSR count). The Morgan fingerprint density at radius 2 is 0.523 bits per heavy atom. The van der Waals surface area contributed by atoms with Crippen molar-refractivity contribution >= 4 is 11.4 Å². The second kappa shape index (κ2) is 15.8. The third-order valence-corrected chi connectivity index (χ3v) is 9.96. The smallest absolute Gasteiger partial charge is 0.315 e. The molecular formula is C41H54N2Zn+2. The maximum atomic E-state index is 3.48. The van der Waals surface area contributed by atoms with Gasteiger partial charge in [-0.05, 0) is 123 Å². The second-order valence-electron chi connectivity index (χ2n) is 12.9. The quantitative estimate of drug-likeness (QED) is 0.302. The second-order valence-corrected chi connectivity index (χ2v) is 12.9. The molecule has 2 fully saturated rings. The van der Waals surface area contributed by atoms with E-state index < -0.39 is 0 Å². The van der Waals surface area contributed by atoms with Gasteiger partial charge in [-0.1, -0.05) is 105 Å². The summed E-state index contributed by atoms with van der Waals surface area (Å²) in [4.78, 5) is 4.20. The van der Waals surface area contributed by atoms with Crippen molar-refractivity contribution in [3.63, 3.8) is 0 Å². The SMILES string of the molecule is C[C]1[C](C)[C](C)[C](C)[C]1C.C[C]1[C](C)[C](C)[C](C)[C]1C.Cc1cc(C)c(N2[C]N(c3c(C)cc(C)cc3C)C=C2)c(C)c1.[Zn+2]. The number of benzene rings is 2. The molecule has 228 valence electrons. The van der Waals surface area contributed by atoms with Crippen molar-refractivity contribution in [3.8, 4) is 0 Å². The zero-order chi connectivity index (χ0) is 32.5. The van der Waals surface area contributed by atoms with E-state index in [2.05, 4.69) is 164 Å². The summed E-state index contributed by atoms with van der Waals surface area (Å²) in [5, 5.41) is 0. The van der Waals surface area contributed by atoms with Gasteiger partial charge in [-0.2, -0.15) is 0 Å². The van der Waals surface area contributed by atoms with Gasteiger partial charge in [0.1, 0.15) is 0 Å². The van der Waals surface area contributed by atoms with Crippen LogP contribution in [-0.4, -0.2) is 0 Å². The summed E-state index contributed by atoms with van der Waals surface area (Å²) in [5.74, 6) is 14.7. The predicted octanol–water partition coefficient (Wildman–Crippen LogP) is 11.3. The molecule has 0 saturated heterocycles. The van der Waals surface area contributed by atoms with Crippen LogP contribution in [0.3, 0.4) is 0 Å².